The monoisotopic (exact) mass is 367 g/mol. The van der Waals surface area contributed by atoms with Crippen molar-refractivity contribution in [2.75, 3.05) is 17.7 Å². The van der Waals surface area contributed by atoms with E-state index < -0.39 is 0 Å². The van der Waals surface area contributed by atoms with E-state index in [1.807, 2.05) is 61.5 Å². The van der Waals surface area contributed by atoms with E-state index in [9.17, 15) is 4.79 Å². The van der Waals surface area contributed by atoms with Gasteiger partial charge in [-0.2, -0.15) is 0 Å². The van der Waals surface area contributed by atoms with E-state index in [2.05, 4.69) is 21.4 Å². The maximum absolute atomic E-state index is 12.4. The van der Waals surface area contributed by atoms with Crippen molar-refractivity contribution < 1.29 is 9.53 Å². The van der Waals surface area contributed by atoms with E-state index in [1.165, 1.54) is 11.8 Å². The zero-order valence-electron chi connectivity index (χ0n) is 14.6. The minimum atomic E-state index is -0.0978. The van der Waals surface area contributed by atoms with Crippen LogP contribution in [-0.2, 0) is 11.3 Å². The van der Waals surface area contributed by atoms with Crippen molar-refractivity contribution >= 4 is 34.4 Å². The van der Waals surface area contributed by atoms with Crippen LogP contribution in [0.5, 0.6) is 5.75 Å². The van der Waals surface area contributed by atoms with Gasteiger partial charge in [0.25, 0.3) is 0 Å². The predicted octanol–water partition coefficient (Wildman–Crippen LogP) is 4.35. The number of rotatable bonds is 8. The van der Waals surface area contributed by atoms with Crippen LogP contribution in [-0.4, -0.2) is 27.8 Å². The van der Waals surface area contributed by atoms with Gasteiger partial charge in [-0.25, -0.2) is 4.98 Å². The molecule has 0 fully saturated rings. The van der Waals surface area contributed by atoms with Crippen LogP contribution in [0.2, 0.25) is 0 Å². The minimum Gasteiger partial charge on any atom is -0.492 e. The molecule has 0 unspecified atom stereocenters. The summed E-state index contributed by atoms with van der Waals surface area (Å²) in [5.41, 5.74) is 2.63. The molecule has 26 heavy (non-hydrogen) atoms. The average molecular weight is 367 g/mol. The smallest absolute Gasteiger partial charge is 0.234 e. The van der Waals surface area contributed by atoms with Gasteiger partial charge >= 0.3 is 0 Å². The number of fused-ring (bicyclic) bond motifs is 1. The summed E-state index contributed by atoms with van der Waals surface area (Å²) < 4.78 is 7.61. The molecule has 6 heteroatoms. The second-order valence-electron chi connectivity index (χ2n) is 5.55. The SMILES string of the molecule is C=CCn1c(SCC(=O)Nc2ccccc2OCC)nc2ccccc21. The molecule has 0 aliphatic heterocycles. The highest BCUT2D eigenvalue weighted by molar-refractivity contribution is 7.99. The van der Waals surface area contributed by atoms with Crippen LogP contribution in [0.25, 0.3) is 11.0 Å². The zero-order valence-corrected chi connectivity index (χ0v) is 15.5. The molecular formula is C20H21N3O2S. The maximum atomic E-state index is 12.4. The van der Waals surface area contributed by atoms with Crippen LogP contribution in [0.4, 0.5) is 5.69 Å². The number of thioether (sulfide) groups is 1. The van der Waals surface area contributed by atoms with Gasteiger partial charge in [-0.15, -0.1) is 6.58 Å². The molecule has 134 valence electrons. The van der Waals surface area contributed by atoms with E-state index in [0.717, 1.165) is 16.2 Å². The first kappa shape index (κ1) is 18.1. The highest BCUT2D eigenvalue weighted by Gasteiger charge is 2.13. The second-order valence-corrected chi connectivity index (χ2v) is 6.49. The van der Waals surface area contributed by atoms with Crippen molar-refractivity contribution in [1.82, 2.24) is 9.55 Å². The number of allylic oxidation sites excluding steroid dienone is 1. The maximum Gasteiger partial charge on any atom is 0.234 e. The second kappa shape index (κ2) is 8.58. The molecule has 1 aromatic heterocycles. The summed E-state index contributed by atoms with van der Waals surface area (Å²) >= 11 is 1.41. The third kappa shape index (κ3) is 4.08. The number of imidazole rings is 1. The number of nitrogens with one attached hydrogen (secondary N) is 1. The number of nitrogens with zero attached hydrogens (tertiary/aromatic N) is 2. The Hall–Kier alpha value is -2.73. The van der Waals surface area contributed by atoms with Crippen molar-refractivity contribution in [3.05, 3.63) is 61.2 Å². The zero-order chi connectivity index (χ0) is 18.4. The third-order valence-electron chi connectivity index (χ3n) is 3.72. The Bertz CT molecular complexity index is 920. The Labute approximate surface area is 157 Å². The van der Waals surface area contributed by atoms with Crippen molar-refractivity contribution in [2.45, 2.75) is 18.6 Å². The Balaban J connectivity index is 1.71. The summed E-state index contributed by atoms with van der Waals surface area (Å²) in [6.45, 7) is 6.93. The Kier molecular flexibility index (Phi) is 5.96. The van der Waals surface area contributed by atoms with Gasteiger partial charge in [0, 0.05) is 6.54 Å². The van der Waals surface area contributed by atoms with Gasteiger partial charge < -0.3 is 14.6 Å². The highest BCUT2D eigenvalue weighted by atomic mass is 32.2. The van der Waals surface area contributed by atoms with Gasteiger partial charge in [0.2, 0.25) is 5.91 Å². The predicted molar refractivity (Wildman–Crippen MR) is 107 cm³/mol. The lowest BCUT2D eigenvalue weighted by Gasteiger charge is -2.11. The van der Waals surface area contributed by atoms with Gasteiger partial charge in [-0.1, -0.05) is 42.1 Å². The van der Waals surface area contributed by atoms with Crippen molar-refractivity contribution in [1.29, 1.82) is 0 Å². The summed E-state index contributed by atoms with van der Waals surface area (Å²) in [5, 5.41) is 3.71. The molecule has 1 heterocycles. The molecule has 5 nitrogen and oxygen atoms in total. The number of hydrogen-bond acceptors (Lipinski definition) is 4. The number of amides is 1. The molecule has 0 spiro atoms. The minimum absolute atomic E-state index is 0.0978. The fourth-order valence-corrected chi connectivity index (χ4v) is 3.46. The molecule has 0 saturated carbocycles. The van der Waals surface area contributed by atoms with Gasteiger partial charge in [0.05, 0.1) is 29.1 Å². The van der Waals surface area contributed by atoms with Crippen molar-refractivity contribution in [3.63, 3.8) is 0 Å². The van der Waals surface area contributed by atoms with Crippen LogP contribution in [0.15, 0.2) is 66.3 Å². The van der Waals surface area contributed by atoms with E-state index >= 15 is 0 Å². The number of hydrogen-bond donors (Lipinski definition) is 1. The lowest BCUT2D eigenvalue weighted by molar-refractivity contribution is -0.113. The molecule has 3 aromatic rings. The van der Waals surface area contributed by atoms with Crippen LogP contribution < -0.4 is 10.1 Å². The number of carbonyl (C=O) groups is 1. The number of anilines is 1. The number of carbonyl (C=O) groups excluding carboxylic acids is 1. The third-order valence-corrected chi connectivity index (χ3v) is 4.70. The van der Waals surface area contributed by atoms with Gasteiger partial charge in [0.15, 0.2) is 5.16 Å². The number of ether oxygens (including phenoxy) is 1. The topological polar surface area (TPSA) is 56.2 Å². The fraction of sp³-hybridized carbons (Fsp3) is 0.200. The summed E-state index contributed by atoms with van der Waals surface area (Å²) in [4.78, 5) is 17.0. The number of benzene rings is 2. The number of para-hydroxylation sites is 4. The van der Waals surface area contributed by atoms with E-state index in [-0.39, 0.29) is 11.7 Å². The largest absolute Gasteiger partial charge is 0.492 e. The molecular weight excluding hydrogens is 346 g/mol. The molecule has 0 bridgehead atoms. The van der Waals surface area contributed by atoms with Crippen LogP contribution in [0.1, 0.15) is 6.92 Å². The van der Waals surface area contributed by atoms with Crippen LogP contribution >= 0.6 is 11.8 Å². The first-order valence-corrected chi connectivity index (χ1v) is 9.42. The Morgan fingerprint density at radius 1 is 1.27 bits per heavy atom. The Morgan fingerprint density at radius 3 is 2.85 bits per heavy atom. The van der Waals surface area contributed by atoms with E-state index in [4.69, 9.17) is 4.74 Å². The quantitative estimate of drug-likeness (QED) is 0.475. The summed E-state index contributed by atoms with van der Waals surface area (Å²) in [6.07, 6.45) is 1.83. The van der Waals surface area contributed by atoms with Crippen molar-refractivity contribution in [2.24, 2.45) is 0 Å². The molecule has 0 aliphatic rings. The normalized spacial score (nSPS) is 10.7. The molecule has 0 atom stereocenters. The van der Waals surface area contributed by atoms with Gasteiger partial charge in [-0.3, -0.25) is 4.79 Å². The number of aromatic nitrogens is 2. The Morgan fingerprint density at radius 2 is 2.04 bits per heavy atom. The van der Waals surface area contributed by atoms with E-state index in [0.29, 0.717) is 24.6 Å². The first-order chi connectivity index (χ1) is 12.7. The average Bonchev–Trinajstić information content (AvgIpc) is 3.00. The first-order valence-electron chi connectivity index (χ1n) is 8.43. The summed E-state index contributed by atoms with van der Waals surface area (Å²) in [6, 6.07) is 15.4. The lowest BCUT2D eigenvalue weighted by atomic mass is 10.3. The fourth-order valence-electron chi connectivity index (χ4n) is 2.64. The molecule has 2 aromatic carbocycles. The van der Waals surface area contributed by atoms with Crippen LogP contribution in [0.3, 0.4) is 0 Å². The standard InChI is InChI=1S/C20H21N3O2S/c1-3-13-23-17-11-7-5-9-15(17)22-20(23)26-14-19(24)21-16-10-6-8-12-18(16)25-4-2/h3,5-12H,1,4,13-14H2,2H3,(H,21,24). The molecule has 0 aliphatic carbocycles. The van der Waals surface area contributed by atoms with Gasteiger partial charge in [0.1, 0.15) is 5.75 Å². The summed E-state index contributed by atoms with van der Waals surface area (Å²) in [5.74, 6) is 0.840. The van der Waals surface area contributed by atoms with Gasteiger partial charge in [-0.05, 0) is 31.2 Å². The molecule has 1 N–H and O–H groups in total. The molecule has 0 radical (unpaired) electrons. The molecule has 1 amide bonds. The highest BCUT2D eigenvalue weighted by Crippen LogP contribution is 2.26. The molecule has 0 saturated heterocycles. The summed E-state index contributed by atoms with van der Waals surface area (Å²) in [7, 11) is 0. The van der Waals surface area contributed by atoms with E-state index in [1.54, 1.807) is 0 Å². The lowest BCUT2D eigenvalue weighted by Crippen LogP contribution is -2.15. The van der Waals surface area contributed by atoms with Crippen molar-refractivity contribution in [3.8, 4) is 5.75 Å². The molecule has 3 rings (SSSR count). The van der Waals surface area contributed by atoms with Crippen LogP contribution in [0, 0.1) is 0 Å².